The van der Waals surface area contributed by atoms with E-state index in [1.165, 1.54) is 74.4 Å². The van der Waals surface area contributed by atoms with Crippen molar-refractivity contribution in [3.05, 3.63) is 72.8 Å². The smallest absolute Gasteiger partial charge is 0.0784 e. The molecule has 8 rings (SSSR count). The van der Waals surface area contributed by atoms with E-state index in [9.17, 15) is 0 Å². The van der Waals surface area contributed by atoms with Crippen LogP contribution in [0.15, 0.2) is 72.8 Å². The molecule has 3 heteroatoms. The molecule has 0 amide bonds. The number of thiophene rings is 1. The van der Waals surface area contributed by atoms with Gasteiger partial charge in [0.05, 0.1) is 16.1 Å². The van der Waals surface area contributed by atoms with Crippen molar-refractivity contribution < 1.29 is 0 Å². The third-order valence-electron chi connectivity index (χ3n) is 8.57. The Hall–Kier alpha value is -2.99. The van der Waals surface area contributed by atoms with Crippen LogP contribution in [0.5, 0.6) is 0 Å². The number of hydrogen-bond acceptors (Lipinski definition) is 1. The van der Waals surface area contributed by atoms with Gasteiger partial charge in [0.25, 0.3) is 0 Å². The van der Waals surface area contributed by atoms with E-state index in [1.54, 1.807) is 10.4 Å². The topological polar surface area (TPSA) is 0 Å². The molecule has 0 aliphatic heterocycles. The molecule has 37 heavy (non-hydrogen) atoms. The summed E-state index contributed by atoms with van der Waals surface area (Å²) in [6.45, 7) is 15.0. The second-order valence-corrected chi connectivity index (χ2v) is 24.1. The molecule has 0 saturated heterocycles. The standard InChI is InChI=1S/C34H30SSi2/c1-36(2,3)27-17-23-24-16-26(19-10-8-7-9-11-19)35-34(24)25-18-28(37(4,5)6)22-15-13-20-12-14-21(27)30-29(20)31(22)33(25)32(23)30/h7-18H,1-6H3. The molecule has 0 unspecified atom stereocenters. The van der Waals surface area contributed by atoms with Crippen LogP contribution in [-0.4, -0.2) is 16.1 Å². The van der Waals surface area contributed by atoms with Gasteiger partial charge < -0.3 is 0 Å². The van der Waals surface area contributed by atoms with Crippen molar-refractivity contribution in [2.75, 3.05) is 0 Å². The van der Waals surface area contributed by atoms with Crippen molar-refractivity contribution in [1.82, 2.24) is 0 Å². The summed E-state index contributed by atoms with van der Waals surface area (Å²) in [5.74, 6) is 0. The number of benzene rings is 6. The summed E-state index contributed by atoms with van der Waals surface area (Å²) in [4.78, 5) is 1.38. The van der Waals surface area contributed by atoms with Crippen molar-refractivity contribution in [3.63, 3.8) is 0 Å². The van der Waals surface area contributed by atoms with Gasteiger partial charge in [0.1, 0.15) is 0 Å². The van der Waals surface area contributed by atoms with Gasteiger partial charge in [-0.15, -0.1) is 11.3 Å². The molecule has 7 aromatic carbocycles. The van der Waals surface area contributed by atoms with Crippen LogP contribution < -0.4 is 10.4 Å². The zero-order valence-electron chi connectivity index (χ0n) is 22.3. The number of fused-ring (bicyclic) bond motifs is 3. The second kappa shape index (κ2) is 6.90. The van der Waals surface area contributed by atoms with Gasteiger partial charge in [-0.3, -0.25) is 0 Å². The van der Waals surface area contributed by atoms with Crippen molar-refractivity contribution in [2.24, 2.45) is 0 Å². The second-order valence-electron chi connectivity index (χ2n) is 13.0. The quantitative estimate of drug-likeness (QED) is 0.159. The van der Waals surface area contributed by atoms with E-state index >= 15 is 0 Å². The average Bonchev–Trinajstić information content (AvgIpc) is 3.46. The predicted molar refractivity (Wildman–Crippen MR) is 174 cm³/mol. The fraction of sp³-hybridized carbons (Fsp3) is 0.176. The highest BCUT2D eigenvalue weighted by atomic mass is 32.1. The molecule has 1 aromatic heterocycles. The Kier molecular flexibility index (Phi) is 4.11. The Bertz CT molecular complexity index is 2010. The highest BCUT2D eigenvalue weighted by Crippen LogP contribution is 2.52. The molecule has 0 N–H and O–H groups in total. The Morgan fingerprint density at radius 2 is 1.03 bits per heavy atom. The molecule has 0 aliphatic carbocycles. The molecule has 0 spiro atoms. The lowest BCUT2D eigenvalue weighted by Gasteiger charge is -2.21. The first kappa shape index (κ1) is 22.0. The molecule has 0 bridgehead atoms. The van der Waals surface area contributed by atoms with E-state index in [0.717, 1.165) is 0 Å². The molecule has 0 aliphatic rings. The molecule has 0 saturated carbocycles. The fourth-order valence-corrected chi connectivity index (χ4v) is 11.3. The van der Waals surface area contributed by atoms with Gasteiger partial charge >= 0.3 is 0 Å². The van der Waals surface area contributed by atoms with Crippen molar-refractivity contribution in [2.45, 2.75) is 39.3 Å². The molecular weight excluding hydrogens is 497 g/mol. The molecule has 0 atom stereocenters. The Labute approximate surface area is 223 Å². The number of rotatable bonds is 3. The maximum atomic E-state index is 2.60. The van der Waals surface area contributed by atoms with E-state index in [0.29, 0.717) is 0 Å². The summed E-state index contributed by atoms with van der Waals surface area (Å²) in [6, 6.07) is 28.3. The molecule has 1 heterocycles. The van der Waals surface area contributed by atoms with Gasteiger partial charge in [0.2, 0.25) is 0 Å². The lowest BCUT2D eigenvalue weighted by molar-refractivity contribution is 1.70. The summed E-state index contributed by atoms with van der Waals surface area (Å²) >= 11 is 1.99. The predicted octanol–water partition coefficient (Wildman–Crippen LogP) is 9.74. The highest BCUT2D eigenvalue weighted by Gasteiger charge is 2.30. The van der Waals surface area contributed by atoms with Crippen molar-refractivity contribution in [3.8, 4) is 10.4 Å². The molecule has 0 fully saturated rings. The van der Waals surface area contributed by atoms with Crippen molar-refractivity contribution >= 4 is 102 Å². The van der Waals surface area contributed by atoms with E-state index in [1.807, 2.05) is 11.3 Å². The largest absolute Gasteiger partial charge is 0.135 e. The Morgan fingerprint density at radius 1 is 0.486 bits per heavy atom. The zero-order chi connectivity index (χ0) is 25.4. The van der Waals surface area contributed by atoms with Crippen molar-refractivity contribution in [1.29, 1.82) is 0 Å². The average molecular weight is 527 g/mol. The van der Waals surface area contributed by atoms with Crippen LogP contribution in [0.3, 0.4) is 0 Å². The molecule has 0 nitrogen and oxygen atoms in total. The SMILES string of the molecule is C[Si](C)(C)c1cc2c3cc(-c4ccccc4)sc3c3cc([Si](C)(C)C)c4ccc5ccc1c1c5c4c3c21. The summed E-state index contributed by atoms with van der Waals surface area (Å²) in [5, 5.41) is 19.6. The molecule has 0 radical (unpaired) electrons. The molecular formula is C34H30SSi2. The minimum atomic E-state index is -1.59. The van der Waals surface area contributed by atoms with Gasteiger partial charge in [0, 0.05) is 25.7 Å². The van der Waals surface area contributed by atoms with Gasteiger partial charge in [-0.05, 0) is 54.7 Å². The third-order valence-corrected chi connectivity index (χ3v) is 13.9. The summed E-state index contributed by atoms with van der Waals surface area (Å²) in [7, 11) is -3.17. The minimum absolute atomic E-state index is 1.32. The summed E-state index contributed by atoms with van der Waals surface area (Å²) < 4.78 is 1.47. The lowest BCUT2D eigenvalue weighted by Crippen LogP contribution is -2.38. The van der Waals surface area contributed by atoms with E-state index in [-0.39, 0.29) is 0 Å². The first-order chi connectivity index (χ1) is 17.6. The minimum Gasteiger partial charge on any atom is -0.135 e. The van der Waals surface area contributed by atoms with Crippen LogP contribution in [-0.2, 0) is 0 Å². The Morgan fingerprint density at radius 3 is 1.62 bits per heavy atom. The Balaban J connectivity index is 1.72. The van der Waals surface area contributed by atoms with Gasteiger partial charge in [-0.1, -0.05) is 116 Å². The van der Waals surface area contributed by atoms with Crippen LogP contribution in [0.4, 0.5) is 0 Å². The molecule has 8 aromatic rings. The normalized spacial score (nSPS) is 13.7. The van der Waals surface area contributed by atoms with Crippen LogP contribution in [0.1, 0.15) is 0 Å². The summed E-state index contributed by atoms with van der Waals surface area (Å²) in [6.07, 6.45) is 0. The van der Waals surface area contributed by atoms with Crippen LogP contribution in [0.25, 0.3) is 74.4 Å². The first-order valence-electron chi connectivity index (χ1n) is 13.4. The van der Waals surface area contributed by atoms with Crippen LogP contribution in [0, 0.1) is 0 Å². The zero-order valence-corrected chi connectivity index (χ0v) is 25.2. The maximum absolute atomic E-state index is 2.60. The molecule has 180 valence electrons. The van der Waals surface area contributed by atoms with Gasteiger partial charge in [-0.2, -0.15) is 0 Å². The highest BCUT2D eigenvalue weighted by molar-refractivity contribution is 7.23. The van der Waals surface area contributed by atoms with Crippen LogP contribution in [0.2, 0.25) is 39.3 Å². The maximum Gasteiger partial charge on any atom is 0.0784 e. The van der Waals surface area contributed by atoms with E-state index in [4.69, 9.17) is 0 Å². The monoisotopic (exact) mass is 526 g/mol. The van der Waals surface area contributed by atoms with Crippen LogP contribution >= 0.6 is 11.3 Å². The van der Waals surface area contributed by atoms with Gasteiger partial charge in [-0.25, -0.2) is 0 Å². The first-order valence-corrected chi connectivity index (χ1v) is 21.2. The van der Waals surface area contributed by atoms with E-state index in [2.05, 4.69) is 112 Å². The lowest BCUT2D eigenvalue weighted by atomic mass is 9.96. The third kappa shape index (κ3) is 2.77. The fourth-order valence-electron chi connectivity index (χ4n) is 6.93. The van der Waals surface area contributed by atoms with E-state index < -0.39 is 16.1 Å². The van der Waals surface area contributed by atoms with Gasteiger partial charge in [0.15, 0.2) is 0 Å². The summed E-state index contributed by atoms with van der Waals surface area (Å²) in [5.41, 5.74) is 1.32. The number of hydrogen-bond donors (Lipinski definition) is 0.